The van der Waals surface area contributed by atoms with Crippen LogP contribution in [0.15, 0.2) is 24.4 Å². The Kier molecular flexibility index (Phi) is 4.16. The van der Waals surface area contributed by atoms with Gasteiger partial charge in [-0.25, -0.2) is 4.68 Å². The van der Waals surface area contributed by atoms with E-state index in [4.69, 9.17) is 22.1 Å². The molecule has 6 heteroatoms. The first-order valence-electron chi connectivity index (χ1n) is 5.84. The van der Waals surface area contributed by atoms with Gasteiger partial charge in [-0.3, -0.25) is 0 Å². The Morgan fingerprint density at radius 2 is 2.26 bits per heavy atom. The number of aryl methyl sites for hydroxylation is 1. The maximum absolute atomic E-state index is 6.33. The summed E-state index contributed by atoms with van der Waals surface area (Å²) < 4.78 is 7.29. The van der Waals surface area contributed by atoms with Crippen molar-refractivity contribution in [3.63, 3.8) is 0 Å². The quantitative estimate of drug-likeness (QED) is 0.881. The van der Waals surface area contributed by atoms with Crippen LogP contribution in [-0.4, -0.2) is 16.4 Å². The number of nitrogens with two attached hydrogens (primary N) is 1. The third kappa shape index (κ3) is 2.37. The number of halogens is 2. The van der Waals surface area contributed by atoms with Gasteiger partial charge in [0.05, 0.1) is 41.9 Å². The first-order valence-corrected chi connectivity index (χ1v) is 6.22. The molecule has 1 atom stereocenters. The molecule has 2 aromatic rings. The molecular formula is C13H15Cl2N3O. The van der Waals surface area contributed by atoms with Crippen LogP contribution in [0.25, 0.3) is 5.69 Å². The summed E-state index contributed by atoms with van der Waals surface area (Å²) >= 11 is 6.33. The van der Waals surface area contributed by atoms with Crippen LogP contribution in [0.5, 0.6) is 0 Å². The molecule has 0 saturated heterocycles. The smallest absolute Gasteiger partial charge is 0.0893 e. The highest BCUT2D eigenvalue weighted by molar-refractivity contribution is 6.33. The minimum absolute atomic E-state index is 0. The van der Waals surface area contributed by atoms with E-state index in [1.54, 1.807) is 6.20 Å². The van der Waals surface area contributed by atoms with Crippen LogP contribution in [0, 0.1) is 6.92 Å². The van der Waals surface area contributed by atoms with E-state index in [-0.39, 0.29) is 18.4 Å². The fraction of sp³-hybridized carbons (Fsp3) is 0.308. The second kappa shape index (κ2) is 5.51. The van der Waals surface area contributed by atoms with Gasteiger partial charge in [0.25, 0.3) is 0 Å². The number of ether oxygens (including phenoxy) is 1. The van der Waals surface area contributed by atoms with Gasteiger partial charge in [0.15, 0.2) is 0 Å². The fourth-order valence-electron chi connectivity index (χ4n) is 2.22. The zero-order valence-electron chi connectivity index (χ0n) is 10.5. The second-order valence-corrected chi connectivity index (χ2v) is 4.87. The summed E-state index contributed by atoms with van der Waals surface area (Å²) in [5.41, 5.74) is 9.92. The molecule has 0 saturated carbocycles. The molecule has 2 heterocycles. The molecule has 1 aliphatic heterocycles. The average Bonchev–Trinajstić information content (AvgIpc) is 2.78. The number of hydrogen-bond donors (Lipinski definition) is 1. The first kappa shape index (κ1) is 14.3. The fourth-order valence-corrected chi connectivity index (χ4v) is 2.42. The van der Waals surface area contributed by atoms with E-state index >= 15 is 0 Å². The molecule has 0 amide bonds. The largest absolute Gasteiger partial charge is 0.373 e. The van der Waals surface area contributed by atoms with Gasteiger partial charge in [0.2, 0.25) is 0 Å². The SMILES string of the molecule is Cc1cccc(-n2ncc3c2COC[C@H]3N)c1Cl.Cl. The molecule has 0 unspecified atom stereocenters. The summed E-state index contributed by atoms with van der Waals surface area (Å²) in [5.74, 6) is 0. The predicted molar refractivity (Wildman–Crippen MR) is 77.1 cm³/mol. The van der Waals surface area contributed by atoms with Gasteiger partial charge in [0.1, 0.15) is 0 Å². The Balaban J connectivity index is 0.00000133. The normalized spacial score (nSPS) is 17.7. The Hall–Kier alpha value is -1.07. The minimum atomic E-state index is -0.105. The summed E-state index contributed by atoms with van der Waals surface area (Å²) in [6, 6.07) is 5.78. The zero-order chi connectivity index (χ0) is 12.7. The lowest BCUT2D eigenvalue weighted by Gasteiger charge is -2.20. The van der Waals surface area contributed by atoms with E-state index in [1.165, 1.54) is 0 Å². The van der Waals surface area contributed by atoms with E-state index in [9.17, 15) is 0 Å². The second-order valence-electron chi connectivity index (χ2n) is 4.49. The zero-order valence-corrected chi connectivity index (χ0v) is 12.0. The summed E-state index contributed by atoms with van der Waals surface area (Å²) in [7, 11) is 0. The van der Waals surface area contributed by atoms with Crippen LogP contribution in [-0.2, 0) is 11.3 Å². The van der Waals surface area contributed by atoms with Crippen molar-refractivity contribution in [2.45, 2.75) is 19.6 Å². The molecule has 2 N–H and O–H groups in total. The van der Waals surface area contributed by atoms with Crippen molar-refractivity contribution in [1.82, 2.24) is 9.78 Å². The lowest BCUT2D eigenvalue weighted by atomic mass is 10.1. The Bertz CT molecular complexity index is 598. The van der Waals surface area contributed by atoms with Crippen molar-refractivity contribution in [2.24, 2.45) is 5.73 Å². The van der Waals surface area contributed by atoms with E-state index in [2.05, 4.69) is 5.10 Å². The summed E-state index contributed by atoms with van der Waals surface area (Å²) in [5, 5.41) is 5.10. The molecule has 4 nitrogen and oxygen atoms in total. The monoisotopic (exact) mass is 299 g/mol. The lowest BCUT2D eigenvalue weighted by molar-refractivity contribution is 0.0885. The molecule has 19 heavy (non-hydrogen) atoms. The van der Waals surface area contributed by atoms with Crippen molar-refractivity contribution < 1.29 is 4.74 Å². The highest BCUT2D eigenvalue weighted by atomic mass is 35.5. The van der Waals surface area contributed by atoms with Gasteiger partial charge in [0, 0.05) is 5.56 Å². The summed E-state index contributed by atoms with van der Waals surface area (Å²) in [4.78, 5) is 0. The van der Waals surface area contributed by atoms with Crippen LogP contribution in [0.4, 0.5) is 0 Å². The molecule has 1 aliphatic rings. The van der Waals surface area contributed by atoms with Crippen LogP contribution >= 0.6 is 24.0 Å². The lowest BCUT2D eigenvalue weighted by Crippen LogP contribution is -2.24. The molecule has 0 bridgehead atoms. The molecule has 102 valence electrons. The van der Waals surface area contributed by atoms with Crippen molar-refractivity contribution in [2.75, 3.05) is 6.61 Å². The Morgan fingerprint density at radius 1 is 1.47 bits per heavy atom. The number of aromatic nitrogens is 2. The Morgan fingerprint density at radius 3 is 3.05 bits per heavy atom. The van der Waals surface area contributed by atoms with Crippen LogP contribution in [0.2, 0.25) is 5.02 Å². The van der Waals surface area contributed by atoms with E-state index in [1.807, 2.05) is 29.8 Å². The minimum Gasteiger partial charge on any atom is -0.373 e. The molecular weight excluding hydrogens is 285 g/mol. The molecule has 1 aromatic heterocycles. The number of fused-ring (bicyclic) bond motifs is 1. The van der Waals surface area contributed by atoms with E-state index in [0.717, 1.165) is 22.5 Å². The number of rotatable bonds is 1. The Labute approximate surface area is 122 Å². The van der Waals surface area contributed by atoms with Crippen molar-refractivity contribution in [3.8, 4) is 5.69 Å². The third-order valence-corrected chi connectivity index (χ3v) is 3.73. The average molecular weight is 300 g/mol. The van der Waals surface area contributed by atoms with Gasteiger partial charge in [-0.1, -0.05) is 23.7 Å². The number of benzene rings is 1. The third-order valence-electron chi connectivity index (χ3n) is 3.24. The maximum Gasteiger partial charge on any atom is 0.0893 e. The van der Waals surface area contributed by atoms with E-state index in [0.29, 0.717) is 18.2 Å². The molecule has 1 aromatic carbocycles. The van der Waals surface area contributed by atoms with Gasteiger partial charge in [-0.2, -0.15) is 5.10 Å². The summed E-state index contributed by atoms with van der Waals surface area (Å²) in [6.45, 7) is 3.04. The molecule has 0 aliphatic carbocycles. The highest BCUT2D eigenvalue weighted by Gasteiger charge is 2.23. The molecule has 0 spiro atoms. The van der Waals surface area contributed by atoms with Crippen LogP contribution in [0.3, 0.4) is 0 Å². The number of nitrogens with zero attached hydrogens (tertiary/aromatic N) is 2. The highest BCUT2D eigenvalue weighted by Crippen LogP contribution is 2.29. The van der Waals surface area contributed by atoms with Crippen molar-refractivity contribution in [1.29, 1.82) is 0 Å². The summed E-state index contributed by atoms with van der Waals surface area (Å²) in [6.07, 6.45) is 1.81. The standard InChI is InChI=1S/C13H14ClN3O.ClH/c1-8-3-2-4-11(13(8)14)17-12-7-18-6-10(15)9(12)5-16-17;/h2-5,10H,6-7,15H2,1H3;1H/t10-;/m1./s1. The predicted octanol–water partition coefficient (Wildman–Crippen LogP) is 2.79. The van der Waals surface area contributed by atoms with Gasteiger partial charge in [-0.15, -0.1) is 12.4 Å². The molecule has 3 rings (SSSR count). The van der Waals surface area contributed by atoms with Gasteiger partial charge < -0.3 is 10.5 Å². The topological polar surface area (TPSA) is 53.1 Å². The van der Waals surface area contributed by atoms with Gasteiger partial charge in [-0.05, 0) is 18.6 Å². The van der Waals surface area contributed by atoms with Gasteiger partial charge >= 0.3 is 0 Å². The van der Waals surface area contributed by atoms with Crippen molar-refractivity contribution in [3.05, 3.63) is 46.2 Å². The number of hydrogen-bond acceptors (Lipinski definition) is 3. The molecule has 0 radical (unpaired) electrons. The van der Waals surface area contributed by atoms with E-state index < -0.39 is 0 Å². The van der Waals surface area contributed by atoms with Crippen molar-refractivity contribution >= 4 is 24.0 Å². The first-order chi connectivity index (χ1) is 8.68. The molecule has 0 fully saturated rings. The maximum atomic E-state index is 6.33. The van der Waals surface area contributed by atoms with Crippen LogP contribution in [0.1, 0.15) is 22.9 Å². The van der Waals surface area contributed by atoms with Crippen LogP contribution < -0.4 is 5.73 Å².